The van der Waals surface area contributed by atoms with E-state index in [1.165, 1.54) is 19.2 Å². The van der Waals surface area contributed by atoms with Gasteiger partial charge in [0.2, 0.25) is 0 Å². The molecule has 1 rings (SSSR count). The fraction of sp³-hybridized carbons (Fsp3) is 0.500. The van der Waals surface area contributed by atoms with Gasteiger partial charge in [-0.2, -0.15) is 0 Å². The number of hydrogen-bond donors (Lipinski definition) is 2. The lowest BCUT2D eigenvalue weighted by Gasteiger charge is -2.17. The van der Waals surface area contributed by atoms with Crippen LogP contribution in [-0.4, -0.2) is 25.2 Å². The van der Waals surface area contributed by atoms with E-state index in [9.17, 15) is 13.2 Å². The van der Waals surface area contributed by atoms with Crippen molar-refractivity contribution in [3.63, 3.8) is 0 Å². The molecule has 0 fully saturated rings. The second kappa shape index (κ2) is 6.63. The second-order valence-electron chi connectivity index (χ2n) is 3.92. The molecule has 0 aliphatic rings. The van der Waals surface area contributed by atoms with E-state index in [1.54, 1.807) is 0 Å². The lowest BCUT2D eigenvalue weighted by Crippen LogP contribution is -2.18. The highest BCUT2D eigenvalue weighted by molar-refractivity contribution is 5.42. The molecule has 0 saturated heterocycles. The van der Waals surface area contributed by atoms with Crippen molar-refractivity contribution in [1.82, 2.24) is 0 Å². The summed E-state index contributed by atoms with van der Waals surface area (Å²) in [5.41, 5.74) is 6.28. The summed E-state index contributed by atoms with van der Waals surface area (Å²) in [5, 5.41) is 8.74. The summed E-state index contributed by atoms with van der Waals surface area (Å²) in [7, 11) is 1.40. The van der Waals surface area contributed by atoms with Crippen molar-refractivity contribution in [1.29, 1.82) is 0 Å². The third-order valence-electron chi connectivity index (χ3n) is 2.51. The number of alkyl halides is 3. The summed E-state index contributed by atoms with van der Waals surface area (Å²) in [4.78, 5) is 0. The Hall–Kier alpha value is -1.47. The number of methoxy groups -OCH3 is 1. The molecule has 0 heterocycles. The van der Waals surface area contributed by atoms with Gasteiger partial charge in [-0.15, -0.1) is 13.2 Å². The van der Waals surface area contributed by atoms with Gasteiger partial charge in [0.05, 0.1) is 7.11 Å². The zero-order valence-corrected chi connectivity index (χ0v) is 10.4. The minimum absolute atomic E-state index is 0.0330. The number of aliphatic hydroxyl groups excluding tert-OH is 1. The lowest BCUT2D eigenvalue weighted by atomic mass is 10.0. The van der Waals surface area contributed by atoms with Crippen molar-refractivity contribution >= 4 is 0 Å². The number of rotatable bonds is 6. The molecule has 0 aliphatic carbocycles. The van der Waals surface area contributed by atoms with Crippen molar-refractivity contribution in [3.05, 3.63) is 23.8 Å². The third-order valence-corrected chi connectivity index (χ3v) is 2.51. The standard InChI is InChI=1S/C12H16F3NO3/c1-18-11-5-4-8(19-12(13,14)15)7-9(11)10(16)3-2-6-17/h4-5,7,10,17H,2-3,6,16H2,1H3/t10-/m1/s1. The molecule has 3 N–H and O–H groups in total. The Kier molecular flexibility index (Phi) is 5.44. The van der Waals surface area contributed by atoms with Crippen molar-refractivity contribution in [2.45, 2.75) is 25.2 Å². The van der Waals surface area contributed by atoms with Gasteiger partial charge in [-0.05, 0) is 31.0 Å². The Morgan fingerprint density at radius 3 is 2.58 bits per heavy atom. The smallest absolute Gasteiger partial charge is 0.496 e. The maximum Gasteiger partial charge on any atom is 0.573 e. The van der Waals surface area contributed by atoms with Crippen LogP contribution in [0.3, 0.4) is 0 Å². The van der Waals surface area contributed by atoms with Crippen LogP contribution >= 0.6 is 0 Å². The first-order valence-corrected chi connectivity index (χ1v) is 5.67. The summed E-state index contributed by atoms with van der Waals surface area (Å²) < 4.78 is 45.3. The highest BCUT2D eigenvalue weighted by Gasteiger charge is 2.31. The van der Waals surface area contributed by atoms with Crippen LogP contribution in [0.5, 0.6) is 11.5 Å². The number of nitrogens with two attached hydrogens (primary N) is 1. The fourth-order valence-corrected chi connectivity index (χ4v) is 1.67. The van der Waals surface area contributed by atoms with Gasteiger partial charge in [-0.25, -0.2) is 0 Å². The van der Waals surface area contributed by atoms with E-state index in [2.05, 4.69) is 4.74 Å². The number of halogens is 3. The van der Waals surface area contributed by atoms with E-state index >= 15 is 0 Å². The maximum absolute atomic E-state index is 12.1. The normalized spacial score (nSPS) is 13.2. The topological polar surface area (TPSA) is 64.7 Å². The molecule has 7 heteroatoms. The average Bonchev–Trinajstić information content (AvgIpc) is 2.34. The summed E-state index contributed by atoms with van der Waals surface area (Å²) in [6, 6.07) is 3.21. The summed E-state index contributed by atoms with van der Waals surface area (Å²) in [6.07, 6.45) is -3.86. The second-order valence-corrected chi connectivity index (χ2v) is 3.92. The van der Waals surface area contributed by atoms with Crippen LogP contribution in [0, 0.1) is 0 Å². The third kappa shape index (κ3) is 4.96. The van der Waals surface area contributed by atoms with Gasteiger partial charge in [0.15, 0.2) is 0 Å². The molecule has 0 unspecified atom stereocenters. The molecular formula is C12H16F3NO3. The summed E-state index contributed by atoms with van der Waals surface area (Å²) >= 11 is 0. The van der Waals surface area contributed by atoms with Gasteiger partial charge in [0, 0.05) is 18.2 Å². The molecule has 0 radical (unpaired) electrons. The van der Waals surface area contributed by atoms with E-state index < -0.39 is 12.4 Å². The first kappa shape index (κ1) is 15.6. The number of hydrogen-bond acceptors (Lipinski definition) is 4. The molecule has 108 valence electrons. The van der Waals surface area contributed by atoms with E-state index in [4.69, 9.17) is 15.6 Å². The highest BCUT2D eigenvalue weighted by Crippen LogP contribution is 2.32. The highest BCUT2D eigenvalue weighted by atomic mass is 19.4. The van der Waals surface area contributed by atoms with Crippen LogP contribution < -0.4 is 15.2 Å². The predicted octanol–water partition coefficient (Wildman–Crippen LogP) is 2.37. The molecular weight excluding hydrogens is 263 g/mol. The quantitative estimate of drug-likeness (QED) is 0.839. The van der Waals surface area contributed by atoms with E-state index in [1.807, 2.05) is 0 Å². The largest absolute Gasteiger partial charge is 0.573 e. The Morgan fingerprint density at radius 1 is 1.37 bits per heavy atom. The van der Waals surface area contributed by atoms with Gasteiger partial charge < -0.3 is 20.3 Å². The van der Waals surface area contributed by atoms with Crippen LogP contribution in [0.15, 0.2) is 18.2 Å². The van der Waals surface area contributed by atoms with Crippen LogP contribution in [0.25, 0.3) is 0 Å². The fourth-order valence-electron chi connectivity index (χ4n) is 1.67. The van der Waals surface area contributed by atoms with Gasteiger partial charge in [0.25, 0.3) is 0 Å². The van der Waals surface area contributed by atoms with Crippen molar-refractivity contribution in [2.75, 3.05) is 13.7 Å². The maximum atomic E-state index is 12.1. The molecule has 0 saturated carbocycles. The Morgan fingerprint density at radius 2 is 2.05 bits per heavy atom. The molecule has 0 amide bonds. The molecule has 19 heavy (non-hydrogen) atoms. The molecule has 0 spiro atoms. The van der Waals surface area contributed by atoms with Crippen LogP contribution in [0.4, 0.5) is 13.2 Å². The monoisotopic (exact) mass is 279 g/mol. The van der Waals surface area contributed by atoms with E-state index in [0.29, 0.717) is 24.2 Å². The average molecular weight is 279 g/mol. The first-order chi connectivity index (χ1) is 8.87. The zero-order valence-electron chi connectivity index (χ0n) is 10.4. The molecule has 0 aromatic heterocycles. The first-order valence-electron chi connectivity index (χ1n) is 5.67. The molecule has 1 atom stereocenters. The van der Waals surface area contributed by atoms with Crippen molar-refractivity contribution < 1.29 is 27.8 Å². The Labute approximate surface area is 108 Å². The Bertz CT molecular complexity index is 410. The molecule has 0 bridgehead atoms. The van der Waals surface area contributed by atoms with E-state index in [0.717, 1.165) is 6.07 Å². The number of ether oxygens (including phenoxy) is 2. The minimum Gasteiger partial charge on any atom is -0.496 e. The molecule has 1 aromatic rings. The van der Waals surface area contributed by atoms with Crippen LogP contribution in [-0.2, 0) is 0 Å². The molecule has 1 aromatic carbocycles. The summed E-state index contributed by atoms with van der Waals surface area (Å²) in [6.45, 7) is -0.0330. The minimum atomic E-state index is -4.75. The van der Waals surface area contributed by atoms with Crippen molar-refractivity contribution in [2.24, 2.45) is 5.73 Å². The number of aliphatic hydroxyl groups is 1. The van der Waals surface area contributed by atoms with Crippen LogP contribution in [0.2, 0.25) is 0 Å². The lowest BCUT2D eigenvalue weighted by molar-refractivity contribution is -0.274. The Balaban J connectivity index is 2.95. The van der Waals surface area contributed by atoms with Gasteiger partial charge in [-0.1, -0.05) is 0 Å². The van der Waals surface area contributed by atoms with E-state index in [-0.39, 0.29) is 12.4 Å². The van der Waals surface area contributed by atoms with Crippen molar-refractivity contribution in [3.8, 4) is 11.5 Å². The van der Waals surface area contributed by atoms with Gasteiger partial charge >= 0.3 is 6.36 Å². The molecule has 0 aliphatic heterocycles. The van der Waals surface area contributed by atoms with Gasteiger partial charge in [0.1, 0.15) is 11.5 Å². The summed E-state index contributed by atoms with van der Waals surface area (Å²) in [5.74, 6) is 0.0442. The SMILES string of the molecule is COc1ccc(OC(F)(F)F)cc1[C@H](N)CCCO. The zero-order chi connectivity index (χ0) is 14.5. The predicted molar refractivity (Wildman–Crippen MR) is 62.9 cm³/mol. The van der Waals surface area contributed by atoms with Gasteiger partial charge in [-0.3, -0.25) is 0 Å². The number of benzene rings is 1. The molecule has 4 nitrogen and oxygen atoms in total. The van der Waals surface area contributed by atoms with Crippen LogP contribution in [0.1, 0.15) is 24.4 Å².